The number of para-hydroxylation sites is 1. The topological polar surface area (TPSA) is 178 Å². The van der Waals surface area contributed by atoms with E-state index in [1.807, 2.05) is 30.5 Å². The quantitative estimate of drug-likeness (QED) is 0.224. The lowest BCUT2D eigenvalue weighted by molar-refractivity contribution is -0.146. The molecule has 0 radical (unpaired) electrons. The zero-order valence-electron chi connectivity index (χ0n) is 21.0. The Morgan fingerprint density at radius 1 is 1.24 bits per heavy atom. The smallest absolute Gasteiger partial charge is 0.326 e. The van der Waals surface area contributed by atoms with Crippen molar-refractivity contribution in [3.05, 3.63) is 36.0 Å². The molecule has 0 spiro atoms. The summed E-state index contributed by atoms with van der Waals surface area (Å²) < 4.78 is 0. The van der Waals surface area contributed by atoms with Crippen molar-refractivity contribution >= 4 is 46.4 Å². The Labute approximate surface area is 219 Å². The van der Waals surface area contributed by atoms with Gasteiger partial charge < -0.3 is 36.5 Å². The maximum atomic E-state index is 13.3. The second-order valence-electron chi connectivity index (χ2n) is 9.27. The number of H-pyrrole nitrogens is 1. The number of aliphatic hydroxyl groups excluding tert-OH is 1. The third kappa shape index (κ3) is 7.02. The van der Waals surface area contributed by atoms with Gasteiger partial charge in [-0.1, -0.05) is 18.2 Å². The maximum Gasteiger partial charge on any atom is 0.326 e. The number of aliphatic hydroxyl groups is 1. The third-order valence-corrected chi connectivity index (χ3v) is 7.21. The number of carbonyl (C=O) groups excluding carboxylic acids is 3. The van der Waals surface area contributed by atoms with E-state index in [1.165, 1.54) is 23.6 Å². The average molecular weight is 534 g/mol. The van der Waals surface area contributed by atoms with Gasteiger partial charge in [0.1, 0.15) is 18.1 Å². The van der Waals surface area contributed by atoms with E-state index < -0.39 is 54.0 Å². The Hall–Kier alpha value is -3.09. The molecule has 1 aromatic heterocycles. The number of thioether (sulfide) groups is 1. The summed E-state index contributed by atoms with van der Waals surface area (Å²) in [6.45, 7) is 1.63. The number of likely N-dealkylation sites (tertiary alicyclic amines) is 1. The number of aromatic amines is 1. The second kappa shape index (κ2) is 12.9. The van der Waals surface area contributed by atoms with Crippen LogP contribution in [0.3, 0.4) is 0 Å². The zero-order valence-corrected chi connectivity index (χ0v) is 21.8. The number of aliphatic carboxylic acids is 1. The molecule has 11 nitrogen and oxygen atoms in total. The molecule has 2 aromatic rings. The largest absolute Gasteiger partial charge is 0.480 e. The average Bonchev–Trinajstić information content (AvgIpc) is 3.52. The summed E-state index contributed by atoms with van der Waals surface area (Å²) in [5.74, 6) is -2.37. The molecule has 3 rings (SSSR count). The molecule has 1 fully saturated rings. The molecule has 12 heteroatoms. The standard InChI is InChI=1S/C25H35N5O6S/c1-14(31)21(29-22(32)17(26)12-15-13-27-18-7-4-3-6-16(15)18)24(34)30-10-5-8-20(30)23(33)28-19(25(35)36)9-11-37-2/h3-4,6-7,13-14,17,19-21,27,31H,5,8-12,26H2,1-2H3,(H,28,33)(H,29,32)(H,35,36). The van der Waals surface area contributed by atoms with E-state index in [1.54, 1.807) is 6.20 Å². The van der Waals surface area contributed by atoms with Crippen LogP contribution in [0, 0.1) is 0 Å². The number of nitrogens with one attached hydrogen (secondary N) is 3. The molecule has 202 valence electrons. The molecule has 5 atom stereocenters. The summed E-state index contributed by atoms with van der Waals surface area (Å²) in [7, 11) is 0. The number of carboxylic acid groups (broad SMARTS) is 1. The van der Waals surface area contributed by atoms with Crippen LogP contribution in [0.5, 0.6) is 0 Å². The SMILES string of the molecule is CSCCC(NC(=O)C1CCCN1C(=O)C(NC(=O)C(N)Cc1c[nH]c2ccccc12)C(C)O)C(=O)O. The van der Waals surface area contributed by atoms with Gasteiger partial charge >= 0.3 is 5.97 Å². The van der Waals surface area contributed by atoms with E-state index in [9.17, 15) is 29.4 Å². The highest BCUT2D eigenvalue weighted by molar-refractivity contribution is 7.98. The number of hydrogen-bond acceptors (Lipinski definition) is 7. The predicted octanol–water partition coefficient (Wildman–Crippen LogP) is 0.217. The van der Waals surface area contributed by atoms with Crippen LogP contribution in [0.25, 0.3) is 10.9 Å². The number of carbonyl (C=O) groups is 4. The number of rotatable bonds is 12. The van der Waals surface area contributed by atoms with Crippen molar-refractivity contribution < 1.29 is 29.4 Å². The number of benzene rings is 1. The van der Waals surface area contributed by atoms with Crippen molar-refractivity contribution in [1.82, 2.24) is 20.5 Å². The van der Waals surface area contributed by atoms with Crippen LogP contribution < -0.4 is 16.4 Å². The molecule has 0 bridgehead atoms. The Balaban J connectivity index is 1.66. The van der Waals surface area contributed by atoms with Gasteiger partial charge in [0.2, 0.25) is 17.7 Å². The summed E-state index contributed by atoms with van der Waals surface area (Å²) in [5.41, 5.74) is 7.91. The molecular formula is C25H35N5O6S. The molecule has 1 saturated heterocycles. The van der Waals surface area contributed by atoms with E-state index in [-0.39, 0.29) is 19.4 Å². The molecule has 3 amide bonds. The fraction of sp³-hybridized carbons (Fsp3) is 0.520. The van der Waals surface area contributed by atoms with Crippen molar-refractivity contribution in [1.29, 1.82) is 0 Å². The first kappa shape index (κ1) is 28.5. The van der Waals surface area contributed by atoms with Gasteiger partial charge in [-0.2, -0.15) is 11.8 Å². The number of hydrogen-bond donors (Lipinski definition) is 6. The number of nitrogens with zero attached hydrogens (tertiary/aromatic N) is 1. The van der Waals surface area contributed by atoms with Gasteiger partial charge in [0, 0.05) is 23.6 Å². The van der Waals surface area contributed by atoms with E-state index in [2.05, 4.69) is 15.6 Å². The first-order chi connectivity index (χ1) is 17.6. The molecule has 2 heterocycles. The molecule has 5 unspecified atom stereocenters. The summed E-state index contributed by atoms with van der Waals surface area (Å²) in [6, 6.07) is 3.39. The molecule has 1 aromatic carbocycles. The lowest BCUT2D eigenvalue weighted by Gasteiger charge is -2.31. The minimum absolute atomic E-state index is 0.220. The summed E-state index contributed by atoms with van der Waals surface area (Å²) in [4.78, 5) is 55.1. The predicted molar refractivity (Wildman–Crippen MR) is 141 cm³/mol. The van der Waals surface area contributed by atoms with E-state index in [4.69, 9.17) is 5.73 Å². The Morgan fingerprint density at radius 3 is 2.65 bits per heavy atom. The highest BCUT2D eigenvalue weighted by Crippen LogP contribution is 2.21. The maximum absolute atomic E-state index is 13.3. The van der Waals surface area contributed by atoms with Crippen LogP contribution in [0.2, 0.25) is 0 Å². The van der Waals surface area contributed by atoms with Gasteiger partial charge in [-0.15, -0.1) is 0 Å². The van der Waals surface area contributed by atoms with Gasteiger partial charge in [-0.3, -0.25) is 14.4 Å². The van der Waals surface area contributed by atoms with Crippen LogP contribution in [-0.2, 0) is 25.6 Å². The first-order valence-electron chi connectivity index (χ1n) is 12.3. The minimum atomic E-state index is -1.30. The lowest BCUT2D eigenvalue weighted by Crippen LogP contribution is -2.59. The van der Waals surface area contributed by atoms with Crippen LogP contribution in [-0.4, -0.2) is 92.6 Å². The normalized spacial score (nSPS) is 18.7. The molecule has 1 aliphatic heterocycles. The van der Waals surface area contributed by atoms with Gasteiger partial charge in [0.25, 0.3) is 0 Å². The van der Waals surface area contributed by atoms with E-state index in [0.29, 0.717) is 18.6 Å². The van der Waals surface area contributed by atoms with Crippen molar-refractivity contribution in [2.24, 2.45) is 5.73 Å². The Bertz CT molecular complexity index is 1120. The number of nitrogens with two attached hydrogens (primary N) is 1. The number of aromatic nitrogens is 1. The zero-order chi connectivity index (χ0) is 27.1. The molecule has 1 aliphatic rings. The molecular weight excluding hydrogens is 498 g/mol. The van der Waals surface area contributed by atoms with Crippen LogP contribution in [0.15, 0.2) is 30.5 Å². The summed E-state index contributed by atoms with van der Waals surface area (Å²) >= 11 is 1.47. The van der Waals surface area contributed by atoms with Gasteiger partial charge in [0.15, 0.2) is 0 Å². The lowest BCUT2D eigenvalue weighted by atomic mass is 10.0. The number of carboxylic acids is 1. The van der Waals surface area contributed by atoms with Crippen molar-refractivity contribution in [3.8, 4) is 0 Å². The van der Waals surface area contributed by atoms with Crippen molar-refractivity contribution in [3.63, 3.8) is 0 Å². The van der Waals surface area contributed by atoms with Crippen LogP contribution in [0.1, 0.15) is 31.7 Å². The fourth-order valence-electron chi connectivity index (χ4n) is 4.52. The molecule has 0 aliphatic carbocycles. The van der Waals surface area contributed by atoms with Gasteiger partial charge in [-0.25, -0.2) is 4.79 Å². The highest BCUT2D eigenvalue weighted by Gasteiger charge is 2.40. The first-order valence-corrected chi connectivity index (χ1v) is 13.6. The number of fused-ring (bicyclic) bond motifs is 1. The number of amides is 3. The minimum Gasteiger partial charge on any atom is -0.480 e. The second-order valence-corrected chi connectivity index (χ2v) is 10.3. The monoisotopic (exact) mass is 533 g/mol. The third-order valence-electron chi connectivity index (χ3n) is 6.56. The highest BCUT2D eigenvalue weighted by atomic mass is 32.2. The molecule has 37 heavy (non-hydrogen) atoms. The van der Waals surface area contributed by atoms with Crippen LogP contribution in [0.4, 0.5) is 0 Å². The summed E-state index contributed by atoms with van der Waals surface area (Å²) in [6.07, 6.45) is 3.75. The van der Waals surface area contributed by atoms with E-state index in [0.717, 1.165) is 16.5 Å². The molecule has 7 N–H and O–H groups in total. The molecule has 0 saturated carbocycles. The van der Waals surface area contributed by atoms with Gasteiger partial charge in [-0.05, 0) is 56.2 Å². The van der Waals surface area contributed by atoms with Crippen molar-refractivity contribution in [2.45, 2.75) is 62.9 Å². The Morgan fingerprint density at radius 2 is 1.97 bits per heavy atom. The van der Waals surface area contributed by atoms with E-state index >= 15 is 0 Å². The van der Waals surface area contributed by atoms with Crippen LogP contribution >= 0.6 is 11.8 Å². The summed E-state index contributed by atoms with van der Waals surface area (Å²) in [5, 5.41) is 25.8. The van der Waals surface area contributed by atoms with Crippen molar-refractivity contribution in [2.75, 3.05) is 18.6 Å². The Kier molecular flexibility index (Phi) is 9.95. The van der Waals surface area contributed by atoms with Gasteiger partial charge in [0.05, 0.1) is 12.1 Å². The fourth-order valence-corrected chi connectivity index (χ4v) is 4.99.